The van der Waals surface area contributed by atoms with Crippen LogP contribution < -0.4 is 10.0 Å². The highest BCUT2D eigenvalue weighted by Crippen LogP contribution is 2.20. The maximum atomic E-state index is 11.9. The minimum atomic E-state index is -3.54. The lowest BCUT2D eigenvalue weighted by atomic mass is 10.4. The van der Waals surface area contributed by atoms with Crippen LogP contribution in [0.1, 0.15) is 25.0 Å². The van der Waals surface area contributed by atoms with Crippen molar-refractivity contribution in [3.05, 3.63) is 17.9 Å². The number of sulfonamides is 1. The lowest BCUT2D eigenvalue weighted by Crippen LogP contribution is -2.25. The van der Waals surface area contributed by atoms with Crippen LogP contribution in [0.2, 0.25) is 0 Å². The molecule has 0 unspecified atom stereocenters. The number of rotatable bonds is 9. The first-order valence-corrected chi connectivity index (χ1v) is 7.91. The number of furan rings is 1. The molecule has 108 valence electrons. The van der Waals surface area contributed by atoms with E-state index in [0.29, 0.717) is 37.9 Å². The fraction of sp³-hybridized carbons (Fsp3) is 0.667. The molecule has 7 heteroatoms. The van der Waals surface area contributed by atoms with Crippen LogP contribution in [-0.2, 0) is 21.3 Å². The highest BCUT2D eigenvalue weighted by Gasteiger charge is 2.22. The monoisotopic (exact) mass is 288 g/mol. The van der Waals surface area contributed by atoms with E-state index in [1.807, 2.05) is 0 Å². The Hall–Kier alpha value is -0.890. The molecule has 1 fully saturated rings. The van der Waals surface area contributed by atoms with Gasteiger partial charge in [0.05, 0.1) is 6.54 Å². The van der Waals surface area contributed by atoms with Crippen LogP contribution in [0.3, 0.4) is 0 Å². The zero-order chi connectivity index (χ0) is 13.7. The van der Waals surface area contributed by atoms with Crippen LogP contribution in [0.5, 0.6) is 0 Å². The van der Waals surface area contributed by atoms with Crippen molar-refractivity contribution in [3.8, 4) is 0 Å². The number of methoxy groups -OCH3 is 1. The molecule has 0 bridgehead atoms. The summed E-state index contributed by atoms with van der Waals surface area (Å²) in [6.45, 7) is 1.44. The highest BCUT2D eigenvalue weighted by atomic mass is 32.2. The molecule has 1 aliphatic carbocycles. The third kappa shape index (κ3) is 4.61. The Bertz CT molecular complexity index is 494. The molecule has 0 amide bonds. The van der Waals surface area contributed by atoms with E-state index in [2.05, 4.69) is 10.0 Å². The molecule has 2 N–H and O–H groups in total. The Labute approximate surface area is 113 Å². The molecule has 0 saturated heterocycles. The van der Waals surface area contributed by atoms with E-state index in [4.69, 9.17) is 9.15 Å². The maximum absolute atomic E-state index is 11.9. The normalized spacial score (nSPS) is 15.8. The van der Waals surface area contributed by atoms with Gasteiger partial charge in [-0.3, -0.25) is 0 Å². The Balaban J connectivity index is 1.84. The first kappa shape index (κ1) is 14.5. The summed E-state index contributed by atoms with van der Waals surface area (Å²) in [6.07, 6.45) is 3.01. The average molecular weight is 288 g/mol. The molecule has 1 heterocycles. The van der Waals surface area contributed by atoms with Crippen molar-refractivity contribution in [2.24, 2.45) is 0 Å². The van der Waals surface area contributed by atoms with E-state index < -0.39 is 10.0 Å². The largest absolute Gasteiger partial charge is 0.447 e. The van der Waals surface area contributed by atoms with Gasteiger partial charge in [-0.25, -0.2) is 13.1 Å². The second-order valence-corrected chi connectivity index (χ2v) is 6.32. The predicted octanol–water partition coefficient (Wildman–Crippen LogP) is 0.846. The molecular weight excluding hydrogens is 268 g/mol. The number of hydrogen-bond acceptors (Lipinski definition) is 5. The summed E-state index contributed by atoms with van der Waals surface area (Å²) in [6, 6.07) is 3.75. The lowest BCUT2D eigenvalue weighted by molar-refractivity contribution is 0.196. The Kier molecular flexibility index (Phi) is 4.98. The summed E-state index contributed by atoms with van der Waals surface area (Å²) in [4.78, 5) is 0. The molecule has 1 aromatic rings. The van der Waals surface area contributed by atoms with Crippen LogP contribution in [-0.4, -0.2) is 34.7 Å². The minimum absolute atomic E-state index is 0.0301. The summed E-state index contributed by atoms with van der Waals surface area (Å²) in [5, 5.41) is 3.24. The van der Waals surface area contributed by atoms with Gasteiger partial charge in [0.2, 0.25) is 5.09 Å². The second-order valence-electron chi connectivity index (χ2n) is 4.62. The quantitative estimate of drug-likeness (QED) is 0.658. The summed E-state index contributed by atoms with van der Waals surface area (Å²) in [5.41, 5.74) is 0. The second kappa shape index (κ2) is 6.51. The van der Waals surface area contributed by atoms with Gasteiger partial charge in [-0.2, -0.15) is 0 Å². The standard InChI is InChI=1S/C12H20N2O4S/c1-17-8-2-7-14-19(15,16)12-6-5-11(18-12)9-13-10-3-4-10/h5-6,10,13-14H,2-4,7-9H2,1H3. The zero-order valence-corrected chi connectivity index (χ0v) is 11.8. The molecule has 0 aliphatic heterocycles. The van der Waals surface area contributed by atoms with E-state index in [1.54, 1.807) is 13.2 Å². The van der Waals surface area contributed by atoms with Crippen molar-refractivity contribution in [2.75, 3.05) is 20.3 Å². The topological polar surface area (TPSA) is 80.6 Å². The average Bonchev–Trinajstić information content (AvgIpc) is 3.08. The van der Waals surface area contributed by atoms with E-state index >= 15 is 0 Å². The molecule has 2 rings (SSSR count). The van der Waals surface area contributed by atoms with Gasteiger partial charge in [0.15, 0.2) is 0 Å². The van der Waals surface area contributed by atoms with Gasteiger partial charge in [0, 0.05) is 26.3 Å². The molecule has 0 radical (unpaired) electrons. The lowest BCUT2D eigenvalue weighted by Gasteiger charge is -2.03. The van der Waals surface area contributed by atoms with Crippen LogP contribution in [0.25, 0.3) is 0 Å². The van der Waals surface area contributed by atoms with Gasteiger partial charge in [0.1, 0.15) is 5.76 Å². The van der Waals surface area contributed by atoms with E-state index in [1.165, 1.54) is 18.9 Å². The van der Waals surface area contributed by atoms with Crippen molar-refractivity contribution >= 4 is 10.0 Å². The van der Waals surface area contributed by atoms with Crippen molar-refractivity contribution in [3.63, 3.8) is 0 Å². The van der Waals surface area contributed by atoms with Crippen LogP contribution in [0, 0.1) is 0 Å². The molecule has 19 heavy (non-hydrogen) atoms. The molecule has 0 aromatic carbocycles. The molecule has 1 aromatic heterocycles. The van der Waals surface area contributed by atoms with E-state index in [0.717, 1.165) is 0 Å². The Morgan fingerprint density at radius 3 is 2.89 bits per heavy atom. The van der Waals surface area contributed by atoms with Crippen molar-refractivity contribution in [2.45, 2.75) is 36.9 Å². The zero-order valence-electron chi connectivity index (χ0n) is 11.0. The van der Waals surface area contributed by atoms with Gasteiger partial charge in [-0.15, -0.1) is 0 Å². The van der Waals surface area contributed by atoms with Crippen molar-refractivity contribution in [1.82, 2.24) is 10.0 Å². The third-order valence-electron chi connectivity index (χ3n) is 2.86. The first-order chi connectivity index (χ1) is 9.12. The van der Waals surface area contributed by atoms with Gasteiger partial charge in [-0.05, 0) is 31.4 Å². The van der Waals surface area contributed by atoms with E-state index in [9.17, 15) is 8.42 Å². The van der Waals surface area contributed by atoms with Gasteiger partial charge < -0.3 is 14.5 Å². The molecule has 6 nitrogen and oxygen atoms in total. The summed E-state index contributed by atoms with van der Waals surface area (Å²) in [7, 11) is -1.96. The minimum Gasteiger partial charge on any atom is -0.447 e. The smallest absolute Gasteiger partial charge is 0.273 e. The SMILES string of the molecule is COCCCNS(=O)(=O)c1ccc(CNC2CC2)o1. The number of ether oxygens (including phenoxy) is 1. The molecule has 1 aliphatic rings. The summed E-state index contributed by atoms with van der Waals surface area (Å²) >= 11 is 0. The fourth-order valence-electron chi connectivity index (χ4n) is 1.62. The summed E-state index contributed by atoms with van der Waals surface area (Å²) in [5.74, 6) is 0.643. The molecule has 0 atom stereocenters. The first-order valence-electron chi connectivity index (χ1n) is 6.42. The molecular formula is C12H20N2O4S. The van der Waals surface area contributed by atoms with Crippen molar-refractivity contribution < 1.29 is 17.6 Å². The molecule has 1 saturated carbocycles. The van der Waals surface area contributed by atoms with Gasteiger partial charge in [0.25, 0.3) is 10.0 Å². The Morgan fingerprint density at radius 1 is 1.42 bits per heavy atom. The van der Waals surface area contributed by atoms with E-state index in [-0.39, 0.29) is 5.09 Å². The Morgan fingerprint density at radius 2 is 2.21 bits per heavy atom. The number of nitrogens with one attached hydrogen (secondary N) is 2. The maximum Gasteiger partial charge on any atom is 0.273 e. The number of hydrogen-bond donors (Lipinski definition) is 2. The highest BCUT2D eigenvalue weighted by molar-refractivity contribution is 7.89. The molecule has 0 spiro atoms. The third-order valence-corrected chi connectivity index (χ3v) is 4.19. The van der Waals surface area contributed by atoms with Gasteiger partial charge >= 0.3 is 0 Å². The summed E-state index contributed by atoms with van der Waals surface area (Å²) < 4.78 is 36.5. The predicted molar refractivity (Wildman–Crippen MR) is 70.3 cm³/mol. The van der Waals surface area contributed by atoms with Gasteiger partial charge in [-0.1, -0.05) is 0 Å². The fourth-order valence-corrected chi connectivity index (χ4v) is 2.64. The van der Waals surface area contributed by atoms with Crippen molar-refractivity contribution in [1.29, 1.82) is 0 Å². The van der Waals surface area contributed by atoms with Crippen LogP contribution >= 0.6 is 0 Å². The van der Waals surface area contributed by atoms with Crippen LogP contribution in [0.4, 0.5) is 0 Å². The van der Waals surface area contributed by atoms with Crippen LogP contribution in [0.15, 0.2) is 21.6 Å².